The van der Waals surface area contributed by atoms with E-state index in [0.717, 1.165) is 24.4 Å². The molecule has 3 heterocycles. The molecule has 6 nitrogen and oxygen atoms in total. The van der Waals surface area contributed by atoms with Crippen LogP contribution < -0.4 is 4.90 Å². The van der Waals surface area contributed by atoms with Gasteiger partial charge in [0, 0.05) is 13.1 Å². The molecule has 0 bridgehead atoms. The van der Waals surface area contributed by atoms with Crippen molar-refractivity contribution in [1.29, 1.82) is 0 Å². The number of morpholine rings is 1. The zero-order valence-electron chi connectivity index (χ0n) is 9.92. The number of aromatic amines is 1. The van der Waals surface area contributed by atoms with Gasteiger partial charge in [-0.05, 0) is 13.8 Å². The molecule has 0 spiro atoms. The summed E-state index contributed by atoms with van der Waals surface area (Å²) in [6.07, 6.45) is 3.64. The lowest BCUT2D eigenvalue weighted by atomic mass is 10.2. The predicted molar refractivity (Wildman–Crippen MR) is 63.9 cm³/mol. The molecule has 90 valence electrons. The average molecular weight is 233 g/mol. The molecule has 1 fully saturated rings. The highest BCUT2D eigenvalue weighted by Crippen LogP contribution is 2.23. The molecule has 0 unspecified atom stereocenters. The standard InChI is InChI=1S/C11H15N5O/c1-7-3-16(4-8(2)17-7)11-9-10(13-5-12-9)14-6-15-11/h5-8H,3-4H2,1-2H3,(H,12,13,14,15)/t7-,8-/m1/s1. The third-order valence-corrected chi connectivity index (χ3v) is 2.92. The molecule has 2 atom stereocenters. The fourth-order valence-electron chi connectivity index (χ4n) is 2.34. The Balaban J connectivity index is 2.00. The molecule has 1 aliphatic heterocycles. The summed E-state index contributed by atoms with van der Waals surface area (Å²) in [6, 6.07) is 0. The first kappa shape index (κ1) is 10.5. The minimum atomic E-state index is 0.215. The van der Waals surface area contributed by atoms with Crippen LogP contribution in [0.15, 0.2) is 12.7 Å². The van der Waals surface area contributed by atoms with Gasteiger partial charge in [-0.2, -0.15) is 0 Å². The van der Waals surface area contributed by atoms with Crippen LogP contribution in [-0.2, 0) is 4.74 Å². The number of fused-ring (bicyclic) bond motifs is 1. The van der Waals surface area contributed by atoms with E-state index in [0.29, 0.717) is 5.65 Å². The fraction of sp³-hybridized carbons (Fsp3) is 0.545. The van der Waals surface area contributed by atoms with Crippen LogP contribution in [0.3, 0.4) is 0 Å². The van der Waals surface area contributed by atoms with Crippen molar-refractivity contribution in [2.24, 2.45) is 0 Å². The summed E-state index contributed by atoms with van der Waals surface area (Å²) in [6.45, 7) is 5.84. The normalized spacial score (nSPS) is 25.4. The van der Waals surface area contributed by atoms with Gasteiger partial charge in [0.05, 0.1) is 18.5 Å². The molecule has 6 heteroatoms. The van der Waals surface area contributed by atoms with E-state index in [9.17, 15) is 0 Å². The number of H-pyrrole nitrogens is 1. The van der Waals surface area contributed by atoms with Gasteiger partial charge in [0.25, 0.3) is 0 Å². The van der Waals surface area contributed by atoms with Crippen LogP contribution >= 0.6 is 0 Å². The Labute approximate surface area is 99.0 Å². The van der Waals surface area contributed by atoms with E-state index in [-0.39, 0.29) is 12.2 Å². The minimum Gasteiger partial charge on any atom is -0.372 e. The van der Waals surface area contributed by atoms with E-state index < -0.39 is 0 Å². The largest absolute Gasteiger partial charge is 0.372 e. The van der Waals surface area contributed by atoms with Gasteiger partial charge in [0.2, 0.25) is 0 Å². The molecule has 2 aromatic rings. The van der Waals surface area contributed by atoms with E-state index in [4.69, 9.17) is 4.74 Å². The topological polar surface area (TPSA) is 66.9 Å². The number of anilines is 1. The molecule has 0 saturated carbocycles. The lowest BCUT2D eigenvalue weighted by Gasteiger charge is -2.36. The quantitative estimate of drug-likeness (QED) is 0.794. The van der Waals surface area contributed by atoms with Crippen LogP contribution in [0.2, 0.25) is 0 Å². The second-order valence-electron chi connectivity index (χ2n) is 4.46. The highest BCUT2D eigenvalue weighted by Gasteiger charge is 2.24. The monoisotopic (exact) mass is 233 g/mol. The van der Waals surface area contributed by atoms with Crippen molar-refractivity contribution in [2.45, 2.75) is 26.1 Å². The van der Waals surface area contributed by atoms with Crippen LogP contribution in [-0.4, -0.2) is 45.2 Å². The van der Waals surface area contributed by atoms with Gasteiger partial charge in [-0.3, -0.25) is 0 Å². The summed E-state index contributed by atoms with van der Waals surface area (Å²) in [4.78, 5) is 18.0. The number of nitrogens with one attached hydrogen (secondary N) is 1. The summed E-state index contributed by atoms with van der Waals surface area (Å²) in [5.74, 6) is 0.912. The van der Waals surface area contributed by atoms with Crippen molar-refractivity contribution < 1.29 is 4.74 Å². The van der Waals surface area contributed by atoms with Crippen molar-refractivity contribution in [2.75, 3.05) is 18.0 Å². The predicted octanol–water partition coefficient (Wildman–Crippen LogP) is 0.967. The van der Waals surface area contributed by atoms with Crippen molar-refractivity contribution in [1.82, 2.24) is 19.9 Å². The Morgan fingerprint density at radius 2 is 2.00 bits per heavy atom. The van der Waals surface area contributed by atoms with E-state index in [1.54, 1.807) is 12.7 Å². The SMILES string of the molecule is C[C@@H]1CN(c2ncnc3nc[nH]c23)C[C@@H](C)O1. The lowest BCUT2D eigenvalue weighted by molar-refractivity contribution is -0.00538. The first-order chi connectivity index (χ1) is 8.24. The maximum absolute atomic E-state index is 5.72. The zero-order valence-corrected chi connectivity index (χ0v) is 9.92. The molecule has 17 heavy (non-hydrogen) atoms. The van der Waals surface area contributed by atoms with Gasteiger partial charge >= 0.3 is 0 Å². The van der Waals surface area contributed by atoms with Gasteiger partial charge in [0.15, 0.2) is 11.5 Å². The van der Waals surface area contributed by atoms with Crippen LogP contribution in [0.25, 0.3) is 11.2 Å². The third kappa shape index (κ3) is 1.84. The van der Waals surface area contributed by atoms with Gasteiger partial charge < -0.3 is 14.6 Å². The summed E-state index contributed by atoms with van der Waals surface area (Å²) in [5, 5.41) is 0. The smallest absolute Gasteiger partial charge is 0.182 e. The summed E-state index contributed by atoms with van der Waals surface area (Å²) < 4.78 is 5.72. The Morgan fingerprint density at radius 1 is 1.24 bits per heavy atom. The van der Waals surface area contributed by atoms with Crippen LogP contribution in [0, 0.1) is 0 Å². The maximum Gasteiger partial charge on any atom is 0.182 e. The first-order valence-corrected chi connectivity index (χ1v) is 5.78. The molecule has 1 aliphatic rings. The number of nitrogens with zero attached hydrogens (tertiary/aromatic N) is 4. The van der Waals surface area contributed by atoms with Gasteiger partial charge in [-0.25, -0.2) is 15.0 Å². The number of hydrogen-bond acceptors (Lipinski definition) is 5. The highest BCUT2D eigenvalue weighted by atomic mass is 16.5. The number of rotatable bonds is 1. The van der Waals surface area contributed by atoms with Crippen molar-refractivity contribution in [3.63, 3.8) is 0 Å². The highest BCUT2D eigenvalue weighted by molar-refractivity contribution is 5.82. The first-order valence-electron chi connectivity index (χ1n) is 5.78. The Kier molecular flexibility index (Phi) is 2.44. The second-order valence-corrected chi connectivity index (χ2v) is 4.46. The Morgan fingerprint density at radius 3 is 2.76 bits per heavy atom. The molecule has 0 aromatic carbocycles. The molecular weight excluding hydrogens is 218 g/mol. The number of imidazole rings is 1. The van der Waals surface area contributed by atoms with Crippen molar-refractivity contribution in [3.05, 3.63) is 12.7 Å². The summed E-state index contributed by atoms with van der Waals surface area (Å²) in [5.41, 5.74) is 1.61. The van der Waals surface area contributed by atoms with Crippen molar-refractivity contribution >= 4 is 17.0 Å². The van der Waals surface area contributed by atoms with E-state index in [1.165, 1.54) is 0 Å². The molecule has 0 aliphatic carbocycles. The Bertz CT molecular complexity index is 515. The maximum atomic E-state index is 5.72. The average Bonchev–Trinajstić information content (AvgIpc) is 2.75. The molecule has 0 radical (unpaired) electrons. The number of hydrogen-bond donors (Lipinski definition) is 1. The lowest BCUT2D eigenvalue weighted by Crippen LogP contribution is -2.46. The van der Waals surface area contributed by atoms with Crippen molar-refractivity contribution in [3.8, 4) is 0 Å². The van der Waals surface area contributed by atoms with Crippen LogP contribution in [0.4, 0.5) is 5.82 Å². The Hall–Kier alpha value is -1.69. The van der Waals surface area contributed by atoms with Crippen LogP contribution in [0.5, 0.6) is 0 Å². The molecule has 3 rings (SSSR count). The second kappa shape index (κ2) is 3.96. The molecule has 2 aromatic heterocycles. The number of ether oxygens (including phenoxy) is 1. The third-order valence-electron chi connectivity index (χ3n) is 2.92. The zero-order chi connectivity index (χ0) is 11.8. The summed E-state index contributed by atoms with van der Waals surface area (Å²) >= 11 is 0. The minimum absolute atomic E-state index is 0.215. The van der Waals surface area contributed by atoms with Gasteiger partial charge in [-0.1, -0.05) is 0 Å². The van der Waals surface area contributed by atoms with E-state index >= 15 is 0 Å². The van der Waals surface area contributed by atoms with Gasteiger partial charge in [-0.15, -0.1) is 0 Å². The van der Waals surface area contributed by atoms with Gasteiger partial charge in [0.1, 0.15) is 11.8 Å². The molecule has 0 amide bonds. The summed E-state index contributed by atoms with van der Waals surface area (Å²) in [7, 11) is 0. The van der Waals surface area contributed by atoms with Crippen LogP contribution in [0.1, 0.15) is 13.8 Å². The number of aromatic nitrogens is 4. The fourth-order valence-corrected chi connectivity index (χ4v) is 2.34. The molecule has 1 N–H and O–H groups in total. The molecule has 1 saturated heterocycles. The van der Waals surface area contributed by atoms with E-state index in [1.807, 2.05) is 0 Å². The molecular formula is C11H15N5O. The van der Waals surface area contributed by atoms with E-state index in [2.05, 4.69) is 38.7 Å².